The highest BCUT2D eigenvalue weighted by atomic mass is 32.2. The summed E-state index contributed by atoms with van der Waals surface area (Å²) in [5.74, 6) is 0.831. The van der Waals surface area contributed by atoms with Gasteiger partial charge in [0.2, 0.25) is 0 Å². The molecule has 13 heteroatoms. The van der Waals surface area contributed by atoms with Crippen LogP contribution in [0.15, 0.2) is 72.0 Å². The number of thioether (sulfide) groups is 1. The Morgan fingerprint density at radius 3 is 2.35 bits per heavy atom. The van der Waals surface area contributed by atoms with Gasteiger partial charge in [-0.05, 0) is 82.0 Å². The van der Waals surface area contributed by atoms with Crippen LogP contribution in [0.25, 0.3) is 17.1 Å². The summed E-state index contributed by atoms with van der Waals surface area (Å²) in [5.41, 5.74) is 5.88. The van der Waals surface area contributed by atoms with Crippen molar-refractivity contribution in [1.29, 1.82) is 0 Å². The summed E-state index contributed by atoms with van der Waals surface area (Å²) in [4.78, 5) is 23.8. The number of amidine groups is 1. The van der Waals surface area contributed by atoms with Crippen molar-refractivity contribution >= 4 is 28.6 Å². The largest absolute Gasteiger partial charge is 0.573 e. The first-order valence-electron chi connectivity index (χ1n) is 14.7. The van der Waals surface area contributed by atoms with Crippen LogP contribution in [0.1, 0.15) is 48.7 Å². The molecule has 2 heterocycles. The first-order valence-corrected chi connectivity index (χ1v) is 15.7. The standard InChI is InChI=1S/C33H34F4N6O2S/c1-19-16-20(2)29(21(3)17-19)43-22(4)14-15-46-32(43)40-31(44)39-23(5)28(34)24-6-8-25(9-7-24)30-38-18-42(41-30)26-10-12-27(13-11-26)45-33(35,36)37/h6-13,16-18,22-23,28H,14-15H2,1-5H3,(H,39,44)/b40-32-. The summed E-state index contributed by atoms with van der Waals surface area (Å²) in [6.45, 7) is 9.87. The summed E-state index contributed by atoms with van der Waals surface area (Å²) in [5, 5.41) is 7.67. The van der Waals surface area contributed by atoms with Crippen LogP contribution in [0.3, 0.4) is 0 Å². The summed E-state index contributed by atoms with van der Waals surface area (Å²) < 4.78 is 58.1. The molecule has 46 heavy (non-hydrogen) atoms. The lowest BCUT2D eigenvalue weighted by Crippen LogP contribution is -2.43. The first-order chi connectivity index (χ1) is 21.8. The number of benzene rings is 3. The zero-order valence-electron chi connectivity index (χ0n) is 26.0. The van der Waals surface area contributed by atoms with Gasteiger partial charge in [0.05, 0.1) is 11.7 Å². The lowest BCUT2D eigenvalue weighted by molar-refractivity contribution is -0.274. The molecule has 0 radical (unpaired) electrons. The maximum atomic E-state index is 15.5. The molecule has 3 atom stereocenters. The van der Waals surface area contributed by atoms with Crippen LogP contribution in [0, 0.1) is 20.8 Å². The monoisotopic (exact) mass is 654 g/mol. The number of rotatable bonds is 7. The van der Waals surface area contributed by atoms with Gasteiger partial charge in [-0.25, -0.2) is 18.9 Å². The topological polar surface area (TPSA) is 84.6 Å². The Hall–Kier alpha value is -4.39. The second-order valence-electron chi connectivity index (χ2n) is 11.3. The molecule has 2 amide bonds. The molecule has 242 valence electrons. The van der Waals surface area contributed by atoms with Crippen LogP contribution in [0.2, 0.25) is 0 Å². The molecular weight excluding hydrogens is 620 g/mol. The van der Waals surface area contributed by atoms with Gasteiger partial charge in [-0.2, -0.15) is 4.99 Å². The average molecular weight is 655 g/mol. The molecule has 0 bridgehead atoms. The number of amides is 2. The highest BCUT2D eigenvalue weighted by Gasteiger charge is 2.31. The number of carbonyl (C=O) groups excluding carboxylic acids is 1. The van der Waals surface area contributed by atoms with Gasteiger partial charge < -0.3 is 15.0 Å². The number of halogens is 4. The van der Waals surface area contributed by atoms with Crippen molar-refractivity contribution in [3.05, 3.63) is 89.2 Å². The van der Waals surface area contributed by atoms with E-state index >= 15 is 4.39 Å². The smallest absolute Gasteiger partial charge is 0.406 e. The number of carbonyl (C=O) groups is 1. The van der Waals surface area contributed by atoms with Crippen molar-refractivity contribution in [1.82, 2.24) is 20.1 Å². The van der Waals surface area contributed by atoms with E-state index in [-0.39, 0.29) is 11.8 Å². The van der Waals surface area contributed by atoms with Gasteiger partial charge in [0.15, 0.2) is 11.0 Å². The minimum absolute atomic E-state index is 0.150. The van der Waals surface area contributed by atoms with Crippen LogP contribution in [-0.2, 0) is 0 Å². The maximum Gasteiger partial charge on any atom is 0.573 e. The number of aryl methyl sites for hydroxylation is 3. The van der Waals surface area contributed by atoms with Crippen LogP contribution < -0.4 is 15.0 Å². The molecule has 0 aliphatic carbocycles. The summed E-state index contributed by atoms with van der Waals surface area (Å²) >= 11 is 1.52. The van der Waals surface area contributed by atoms with E-state index < -0.39 is 24.6 Å². The third-order valence-electron chi connectivity index (χ3n) is 7.59. The number of aliphatic imine (C=N–C) groups is 1. The lowest BCUT2D eigenvalue weighted by Gasteiger charge is -2.37. The van der Waals surface area contributed by atoms with E-state index in [1.54, 1.807) is 31.2 Å². The Labute approximate surface area is 268 Å². The number of nitrogens with one attached hydrogen (secondary N) is 1. The van der Waals surface area contributed by atoms with Crippen molar-refractivity contribution in [3.63, 3.8) is 0 Å². The molecule has 1 fully saturated rings. The van der Waals surface area contributed by atoms with Gasteiger partial charge in [-0.15, -0.1) is 18.3 Å². The third-order valence-corrected chi connectivity index (χ3v) is 8.58. The van der Waals surface area contributed by atoms with Gasteiger partial charge in [0, 0.05) is 23.0 Å². The highest BCUT2D eigenvalue weighted by molar-refractivity contribution is 8.14. The molecule has 3 unspecified atom stereocenters. The van der Waals surface area contributed by atoms with E-state index in [0.29, 0.717) is 27.8 Å². The average Bonchev–Trinajstić information content (AvgIpc) is 3.48. The molecule has 8 nitrogen and oxygen atoms in total. The number of hydrogen-bond acceptors (Lipinski definition) is 5. The molecule has 3 aromatic carbocycles. The summed E-state index contributed by atoms with van der Waals surface area (Å²) in [6, 6.07) is 14.7. The molecule has 1 aliphatic rings. The number of anilines is 1. The van der Waals surface area contributed by atoms with Crippen molar-refractivity contribution < 1.29 is 27.1 Å². The van der Waals surface area contributed by atoms with Crippen molar-refractivity contribution in [2.24, 2.45) is 4.99 Å². The van der Waals surface area contributed by atoms with Gasteiger partial charge in [0.1, 0.15) is 18.2 Å². The van der Waals surface area contributed by atoms with Gasteiger partial charge >= 0.3 is 12.4 Å². The van der Waals surface area contributed by atoms with Crippen LogP contribution >= 0.6 is 11.8 Å². The fraction of sp³-hybridized carbons (Fsp3) is 0.333. The van der Waals surface area contributed by atoms with Crippen LogP contribution in [0.4, 0.5) is 28.0 Å². The number of aromatic nitrogens is 3. The zero-order valence-corrected chi connectivity index (χ0v) is 26.8. The Kier molecular flexibility index (Phi) is 9.71. The minimum atomic E-state index is -4.78. The molecule has 1 aliphatic heterocycles. The normalized spacial score (nSPS) is 17.5. The molecular formula is C33H34F4N6O2S. The Morgan fingerprint density at radius 2 is 1.72 bits per heavy atom. The second kappa shape index (κ2) is 13.5. The molecule has 5 rings (SSSR count). The Morgan fingerprint density at radius 1 is 1.07 bits per heavy atom. The van der Waals surface area contributed by atoms with Gasteiger partial charge in [0.25, 0.3) is 0 Å². The predicted molar refractivity (Wildman–Crippen MR) is 172 cm³/mol. The van der Waals surface area contributed by atoms with E-state index in [1.807, 2.05) is 0 Å². The van der Waals surface area contributed by atoms with Crippen molar-refractivity contribution in [2.45, 2.75) is 65.7 Å². The third kappa shape index (κ3) is 7.69. The number of urea groups is 1. The van der Waals surface area contributed by atoms with Gasteiger partial charge in [-0.1, -0.05) is 53.7 Å². The quantitative estimate of drug-likeness (QED) is 0.202. The fourth-order valence-corrected chi connectivity index (χ4v) is 6.67. The zero-order chi connectivity index (χ0) is 33.2. The number of hydrogen-bond donors (Lipinski definition) is 1. The molecule has 0 saturated carbocycles. The van der Waals surface area contributed by atoms with Crippen LogP contribution in [-0.4, -0.2) is 50.2 Å². The summed E-state index contributed by atoms with van der Waals surface area (Å²) in [6.07, 6.45) is -3.91. The molecule has 0 spiro atoms. The summed E-state index contributed by atoms with van der Waals surface area (Å²) in [7, 11) is 0. The van der Waals surface area contributed by atoms with Crippen molar-refractivity contribution in [2.75, 3.05) is 10.7 Å². The molecule has 1 N–H and O–H groups in total. The van der Waals surface area contributed by atoms with E-state index in [9.17, 15) is 18.0 Å². The molecule has 1 saturated heterocycles. The van der Waals surface area contributed by atoms with Crippen LogP contribution in [0.5, 0.6) is 5.75 Å². The number of nitrogens with zero attached hydrogens (tertiary/aromatic N) is 5. The maximum absolute atomic E-state index is 15.5. The first kappa shape index (κ1) is 33.0. The molecule has 1 aromatic heterocycles. The SMILES string of the molecule is Cc1cc(C)c(N2/C(=N/C(=O)NC(C)C(F)c3ccc(-c4ncn(-c5ccc(OC(F)(F)F)cc5)n4)cc3)SCCC2C)c(C)c1. The Bertz CT molecular complexity index is 1700. The highest BCUT2D eigenvalue weighted by Crippen LogP contribution is 2.35. The van der Waals surface area contributed by atoms with E-state index in [1.165, 1.54) is 52.6 Å². The van der Waals surface area contributed by atoms with E-state index in [0.717, 1.165) is 29.0 Å². The number of ether oxygens (including phenoxy) is 1. The van der Waals surface area contributed by atoms with Crippen molar-refractivity contribution in [3.8, 4) is 22.8 Å². The van der Waals surface area contributed by atoms with E-state index in [4.69, 9.17) is 0 Å². The number of alkyl halides is 4. The second-order valence-corrected chi connectivity index (χ2v) is 12.4. The van der Waals surface area contributed by atoms with Gasteiger partial charge in [-0.3, -0.25) is 0 Å². The lowest BCUT2D eigenvalue weighted by atomic mass is 10.0. The predicted octanol–water partition coefficient (Wildman–Crippen LogP) is 8.25. The minimum Gasteiger partial charge on any atom is -0.406 e. The Balaban J connectivity index is 1.24. The molecule has 4 aromatic rings. The fourth-order valence-electron chi connectivity index (χ4n) is 5.47. The van der Waals surface area contributed by atoms with E-state index in [2.05, 4.69) is 69.9 Å².